The van der Waals surface area contributed by atoms with Gasteiger partial charge in [-0.15, -0.1) is 11.3 Å². The molecule has 1 aromatic carbocycles. The van der Waals surface area contributed by atoms with Crippen molar-refractivity contribution in [2.75, 3.05) is 33.2 Å². The molecule has 0 bridgehead atoms. The molecule has 0 unspecified atom stereocenters. The van der Waals surface area contributed by atoms with E-state index in [0.29, 0.717) is 5.92 Å². The van der Waals surface area contributed by atoms with Gasteiger partial charge in [0.15, 0.2) is 0 Å². The Morgan fingerprint density at radius 2 is 2.08 bits per heavy atom. The van der Waals surface area contributed by atoms with Crippen molar-refractivity contribution in [3.05, 3.63) is 57.5 Å². The number of aryl methyl sites for hydroxylation is 1. The number of hydrogen-bond donors (Lipinski definition) is 0. The van der Waals surface area contributed by atoms with Gasteiger partial charge in [-0.3, -0.25) is 4.79 Å². The molecule has 0 aliphatic carbocycles. The van der Waals surface area contributed by atoms with Crippen LogP contribution in [0.3, 0.4) is 0 Å². The van der Waals surface area contributed by atoms with Crippen molar-refractivity contribution in [1.29, 1.82) is 0 Å². The van der Waals surface area contributed by atoms with Crippen LogP contribution in [0.1, 0.15) is 33.6 Å². The molecular weight excluding hydrogens is 347 g/mol. The lowest BCUT2D eigenvalue weighted by molar-refractivity contribution is 0.0734. The van der Waals surface area contributed by atoms with Gasteiger partial charge in [-0.1, -0.05) is 12.1 Å². The first-order chi connectivity index (χ1) is 12.5. The molecule has 3 rings (SSSR count). The molecule has 0 saturated carbocycles. The van der Waals surface area contributed by atoms with Gasteiger partial charge in [-0.2, -0.15) is 0 Å². The lowest BCUT2D eigenvalue weighted by Crippen LogP contribution is -2.42. The standard InChI is InChI=1S/C21H27FN2OS/c1-16-10-13-26-20(16)21(25)23(2)14-18-4-3-11-24(15-18)12-9-17-5-7-19(22)8-6-17/h5-8,10,13,18H,3-4,9,11-12,14-15H2,1-2H3/t18-/m0/s1. The number of benzene rings is 1. The zero-order valence-electron chi connectivity index (χ0n) is 15.6. The lowest BCUT2D eigenvalue weighted by Gasteiger charge is -2.34. The molecule has 1 saturated heterocycles. The van der Waals surface area contributed by atoms with Gasteiger partial charge in [-0.25, -0.2) is 4.39 Å². The van der Waals surface area contributed by atoms with Crippen molar-refractivity contribution in [2.45, 2.75) is 26.2 Å². The molecule has 1 amide bonds. The third-order valence-corrected chi connectivity index (χ3v) is 6.17. The van der Waals surface area contributed by atoms with Crippen LogP contribution in [-0.2, 0) is 6.42 Å². The first-order valence-electron chi connectivity index (χ1n) is 9.29. The highest BCUT2D eigenvalue weighted by molar-refractivity contribution is 7.12. The molecule has 0 spiro atoms. The van der Waals surface area contributed by atoms with Crippen molar-refractivity contribution < 1.29 is 9.18 Å². The predicted octanol–water partition coefficient (Wildman–Crippen LogP) is 4.22. The van der Waals surface area contributed by atoms with E-state index in [0.717, 1.165) is 43.0 Å². The van der Waals surface area contributed by atoms with Crippen molar-refractivity contribution in [3.63, 3.8) is 0 Å². The fourth-order valence-electron chi connectivity index (χ4n) is 3.68. The molecule has 0 N–H and O–H groups in total. The Hall–Kier alpha value is -1.72. The van der Waals surface area contributed by atoms with Crippen LogP contribution < -0.4 is 0 Å². The Morgan fingerprint density at radius 1 is 1.31 bits per heavy atom. The predicted molar refractivity (Wildman–Crippen MR) is 105 cm³/mol. The summed E-state index contributed by atoms with van der Waals surface area (Å²) in [5.74, 6) is 0.479. The zero-order valence-corrected chi connectivity index (χ0v) is 16.4. The maximum atomic E-state index is 13.0. The molecule has 1 aliphatic heterocycles. The lowest BCUT2D eigenvalue weighted by atomic mass is 9.97. The number of likely N-dealkylation sites (tertiary alicyclic amines) is 1. The van der Waals surface area contributed by atoms with Gasteiger partial charge in [0.25, 0.3) is 5.91 Å². The van der Waals surface area contributed by atoms with E-state index in [1.807, 2.05) is 42.5 Å². The maximum Gasteiger partial charge on any atom is 0.263 e. The molecule has 1 aliphatic rings. The van der Waals surface area contributed by atoms with E-state index in [2.05, 4.69) is 4.90 Å². The van der Waals surface area contributed by atoms with Crippen LogP contribution in [0.2, 0.25) is 0 Å². The zero-order chi connectivity index (χ0) is 18.5. The molecule has 3 nitrogen and oxygen atoms in total. The monoisotopic (exact) mass is 374 g/mol. The van der Waals surface area contributed by atoms with E-state index in [1.165, 1.54) is 41.9 Å². The number of carbonyl (C=O) groups excluding carboxylic acids is 1. The molecule has 1 atom stereocenters. The number of hydrogen-bond acceptors (Lipinski definition) is 3. The van der Waals surface area contributed by atoms with Gasteiger partial charge < -0.3 is 9.80 Å². The molecule has 0 radical (unpaired) electrons. The Balaban J connectivity index is 1.49. The average Bonchev–Trinajstić information content (AvgIpc) is 3.07. The molecule has 5 heteroatoms. The fourth-order valence-corrected chi connectivity index (χ4v) is 4.60. The highest BCUT2D eigenvalue weighted by Gasteiger charge is 2.24. The van der Waals surface area contributed by atoms with Gasteiger partial charge in [0.2, 0.25) is 0 Å². The second-order valence-electron chi connectivity index (χ2n) is 7.30. The minimum atomic E-state index is -0.180. The minimum absolute atomic E-state index is 0.140. The second-order valence-corrected chi connectivity index (χ2v) is 8.22. The number of piperidine rings is 1. The molecule has 2 aromatic rings. The van der Waals surface area contributed by atoms with Crippen molar-refractivity contribution in [1.82, 2.24) is 9.80 Å². The summed E-state index contributed by atoms with van der Waals surface area (Å²) >= 11 is 1.53. The summed E-state index contributed by atoms with van der Waals surface area (Å²) in [5.41, 5.74) is 2.24. The van der Waals surface area contributed by atoms with Gasteiger partial charge in [0.1, 0.15) is 5.82 Å². The normalized spacial score (nSPS) is 18.0. The summed E-state index contributed by atoms with van der Waals surface area (Å²) < 4.78 is 13.0. The highest BCUT2D eigenvalue weighted by atomic mass is 32.1. The molecule has 26 heavy (non-hydrogen) atoms. The van der Waals surface area contributed by atoms with E-state index in [-0.39, 0.29) is 11.7 Å². The van der Waals surface area contributed by atoms with E-state index in [1.54, 1.807) is 0 Å². The molecule has 2 heterocycles. The Labute approximate surface area is 159 Å². The first-order valence-corrected chi connectivity index (χ1v) is 10.2. The van der Waals surface area contributed by atoms with Crippen LogP contribution in [-0.4, -0.2) is 48.9 Å². The van der Waals surface area contributed by atoms with Crippen molar-refractivity contribution in [3.8, 4) is 0 Å². The summed E-state index contributed by atoms with van der Waals surface area (Å²) in [6.45, 7) is 5.93. The molecule has 140 valence electrons. The second kappa shape index (κ2) is 8.78. The van der Waals surface area contributed by atoms with E-state index in [4.69, 9.17) is 0 Å². The van der Waals surface area contributed by atoms with Crippen molar-refractivity contribution in [2.24, 2.45) is 5.92 Å². The summed E-state index contributed by atoms with van der Waals surface area (Å²) in [6, 6.07) is 8.80. The third kappa shape index (κ3) is 4.92. The number of rotatable bonds is 6. The number of halogens is 1. The van der Waals surface area contributed by atoms with Crippen LogP contribution in [0, 0.1) is 18.7 Å². The van der Waals surface area contributed by atoms with Crippen LogP contribution in [0.4, 0.5) is 4.39 Å². The van der Waals surface area contributed by atoms with Gasteiger partial charge in [-0.05, 0) is 73.4 Å². The van der Waals surface area contributed by atoms with E-state index >= 15 is 0 Å². The number of amides is 1. The summed E-state index contributed by atoms with van der Waals surface area (Å²) in [4.78, 5) is 17.8. The summed E-state index contributed by atoms with van der Waals surface area (Å²) in [7, 11) is 1.92. The highest BCUT2D eigenvalue weighted by Crippen LogP contribution is 2.21. The Kier molecular flexibility index (Phi) is 6.43. The number of carbonyl (C=O) groups is 1. The summed E-state index contributed by atoms with van der Waals surface area (Å²) in [5, 5.41) is 1.98. The third-order valence-electron chi connectivity index (χ3n) is 5.17. The molecular formula is C21H27FN2OS. The topological polar surface area (TPSA) is 23.6 Å². The van der Waals surface area contributed by atoms with Crippen LogP contribution in [0.5, 0.6) is 0 Å². The molecule has 1 aromatic heterocycles. The molecule has 1 fully saturated rings. The van der Waals surface area contributed by atoms with Crippen LogP contribution in [0.15, 0.2) is 35.7 Å². The first kappa shape index (κ1) is 19.1. The van der Waals surface area contributed by atoms with Crippen LogP contribution >= 0.6 is 11.3 Å². The van der Waals surface area contributed by atoms with Gasteiger partial charge in [0.05, 0.1) is 4.88 Å². The average molecular weight is 375 g/mol. The van der Waals surface area contributed by atoms with Crippen LogP contribution in [0.25, 0.3) is 0 Å². The SMILES string of the molecule is Cc1ccsc1C(=O)N(C)C[C@@H]1CCCN(CCc2ccc(F)cc2)C1. The number of nitrogens with zero attached hydrogens (tertiary/aromatic N) is 2. The smallest absolute Gasteiger partial charge is 0.263 e. The Morgan fingerprint density at radius 3 is 2.77 bits per heavy atom. The minimum Gasteiger partial charge on any atom is -0.341 e. The maximum absolute atomic E-state index is 13.0. The van der Waals surface area contributed by atoms with Gasteiger partial charge in [0, 0.05) is 26.7 Å². The Bertz CT molecular complexity index is 728. The number of thiophene rings is 1. The fraction of sp³-hybridized carbons (Fsp3) is 0.476. The largest absolute Gasteiger partial charge is 0.341 e. The quantitative estimate of drug-likeness (QED) is 0.756. The van der Waals surface area contributed by atoms with Gasteiger partial charge >= 0.3 is 0 Å². The summed E-state index contributed by atoms with van der Waals surface area (Å²) in [6.07, 6.45) is 3.29. The van der Waals surface area contributed by atoms with E-state index < -0.39 is 0 Å². The van der Waals surface area contributed by atoms with E-state index in [9.17, 15) is 9.18 Å². The van der Waals surface area contributed by atoms with Crippen molar-refractivity contribution >= 4 is 17.2 Å².